The number of hydrogen-bond donors (Lipinski definition) is 1. The molecule has 1 N–H and O–H groups in total. The van der Waals surface area contributed by atoms with Gasteiger partial charge in [0.2, 0.25) is 5.91 Å². The second-order valence-corrected chi connectivity index (χ2v) is 6.93. The van der Waals surface area contributed by atoms with Crippen LogP contribution in [-0.2, 0) is 4.79 Å². The molecule has 1 amide bonds. The first-order chi connectivity index (χ1) is 12.2. The third-order valence-electron chi connectivity index (χ3n) is 4.14. The van der Waals surface area contributed by atoms with Crippen LogP contribution in [0.3, 0.4) is 0 Å². The number of amides is 1. The minimum Gasteiger partial charge on any atom is -0.326 e. The van der Waals surface area contributed by atoms with Crippen molar-refractivity contribution < 1.29 is 4.79 Å². The predicted molar refractivity (Wildman–Crippen MR) is 99.1 cm³/mol. The molecule has 0 unspecified atom stereocenters. The van der Waals surface area contributed by atoms with E-state index in [1.807, 2.05) is 41.8 Å². The number of nitriles is 1. The minimum atomic E-state index is 0.106. The Hall–Kier alpha value is -2.97. The van der Waals surface area contributed by atoms with Crippen LogP contribution in [0.2, 0.25) is 0 Å². The Balaban J connectivity index is 1.56. The summed E-state index contributed by atoms with van der Waals surface area (Å²) in [6, 6.07) is 17.3. The van der Waals surface area contributed by atoms with Gasteiger partial charge in [0.05, 0.1) is 17.3 Å². The van der Waals surface area contributed by atoms with Crippen LogP contribution in [0, 0.1) is 17.2 Å². The lowest BCUT2D eigenvalue weighted by molar-refractivity contribution is -0.117. The molecule has 0 atom stereocenters. The average molecular weight is 345 g/mol. The Labute approximate surface area is 149 Å². The number of rotatable bonds is 4. The normalized spacial score (nSPS) is 13.2. The van der Waals surface area contributed by atoms with Crippen molar-refractivity contribution in [2.75, 3.05) is 5.32 Å². The molecule has 0 radical (unpaired) electrons. The van der Waals surface area contributed by atoms with Gasteiger partial charge in [-0.15, -0.1) is 11.3 Å². The molecule has 4 rings (SSSR count). The summed E-state index contributed by atoms with van der Waals surface area (Å²) in [7, 11) is 0. The first-order valence-corrected chi connectivity index (χ1v) is 8.98. The monoisotopic (exact) mass is 345 g/mol. The van der Waals surface area contributed by atoms with Gasteiger partial charge in [-0.3, -0.25) is 4.79 Å². The number of benzene rings is 2. The first kappa shape index (κ1) is 15.6. The summed E-state index contributed by atoms with van der Waals surface area (Å²) < 4.78 is 0. The summed E-state index contributed by atoms with van der Waals surface area (Å²) in [5, 5.41) is 14.8. The van der Waals surface area contributed by atoms with E-state index in [1.165, 1.54) is 0 Å². The molecule has 4 nitrogen and oxygen atoms in total. The molecule has 1 aliphatic carbocycles. The van der Waals surface area contributed by atoms with Crippen LogP contribution in [0.1, 0.15) is 18.4 Å². The molecule has 3 aromatic rings. The zero-order valence-electron chi connectivity index (χ0n) is 13.4. The smallest absolute Gasteiger partial charge is 0.227 e. The fourth-order valence-electron chi connectivity index (χ4n) is 2.57. The number of thiazole rings is 1. The van der Waals surface area contributed by atoms with Crippen molar-refractivity contribution in [2.24, 2.45) is 5.92 Å². The van der Waals surface area contributed by atoms with Crippen molar-refractivity contribution in [2.45, 2.75) is 12.8 Å². The lowest BCUT2D eigenvalue weighted by Gasteiger charge is -2.05. The van der Waals surface area contributed by atoms with Gasteiger partial charge in [0, 0.05) is 28.1 Å². The number of aromatic nitrogens is 1. The molecule has 5 heteroatoms. The topological polar surface area (TPSA) is 65.8 Å². The molecule has 2 aromatic carbocycles. The van der Waals surface area contributed by atoms with E-state index in [2.05, 4.69) is 11.4 Å². The van der Waals surface area contributed by atoms with Crippen LogP contribution in [0.25, 0.3) is 21.8 Å². The van der Waals surface area contributed by atoms with Gasteiger partial charge in [0.25, 0.3) is 0 Å². The lowest BCUT2D eigenvalue weighted by Crippen LogP contribution is -2.13. The highest BCUT2D eigenvalue weighted by atomic mass is 32.1. The molecule has 122 valence electrons. The van der Waals surface area contributed by atoms with Crippen molar-refractivity contribution in [1.82, 2.24) is 4.98 Å². The van der Waals surface area contributed by atoms with E-state index in [0.29, 0.717) is 5.56 Å². The highest BCUT2D eigenvalue weighted by Crippen LogP contribution is 2.32. The van der Waals surface area contributed by atoms with E-state index in [1.54, 1.807) is 23.5 Å². The Morgan fingerprint density at radius 3 is 2.68 bits per heavy atom. The SMILES string of the molecule is N#Cc1ccc(-c2csc(-c3cccc(NC(=O)C4CC4)c3)n2)cc1. The van der Waals surface area contributed by atoms with Crippen LogP contribution >= 0.6 is 11.3 Å². The second-order valence-electron chi connectivity index (χ2n) is 6.07. The van der Waals surface area contributed by atoms with Gasteiger partial charge < -0.3 is 5.32 Å². The molecule has 0 aliphatic heterocycles. The van der Waals surface area contributed by atoms with Crippen LogP contribution in [0.4, 0.5) is 5.69 Å². The largest absolute Gasteiger partial charge is 0.326 e. The van der Waals surface area contributed by atoms with Crippen molar-refractivity contribution in [3.8, 4) is 27.9 Å². The summed E-state index contributed by atoms with van der Waals surface area (Å²) >= 11 is 1.56. The maximum Gasteiger partial charge on any atom is 0.227 e. The number of hydrogen-bond acceptors (Lipinski definition) is 4. The molecule has 0 spiro atoms. The van der Waals surface area contributed by atoms with E-state index >= 15 is 0 Å². The lowest BCUT2D eigenvalue weighted by atomic mass is 10.1. The van der Waals surface area contributed by atoms with E-state index < -0.39 is 0 Å². The minimum absolute atomic E-state index is 0.106. The Morgan fingerprint density at radius 1 is 1.16 bits per heavy atom. The average Bonchev–Trinajstić information content (AvgIpc) is 3.39. The number of nitrogens with one attached hydrogen (secondary N) is 1. The van der Waals surface area contributed by atoms with Gasteiger partial charge in [-0.1, -0.05) is 24.3 Å². The number of carbonyl (C=O) groups is 1. The maximum absolute atomic E-state index is 11.9. The van der Waals surface area contributed by atoms with Crippen molar-refractivity contribution >= 4 is 22.9 Å². The third-order valence-corrected chi connectivity index (χ3v) is 5.03. The highest BCUT2D eigenvalue weighted by molar-refractivity contribution is 7.13. The van der Waals surface area contributed by atoms with Crippen molar-refractivity contribution in [3.05, 3.63) is 59.5 Å². The van der Waals surface area contributed by atoms with Gasteiger partial charge >= 0.3 is 0 Å². The molecule has 1 aliphatic rings. The van der Waals surface area contributed by atoms with Crippen molar-refractivity contribution in [1.29, 1.82) is 5.26 Å². The van der Waals surface area contributed by atoms with E-state index in [0.717, 1.165) is 40.4 Å². The molecular weight excluding hydrogens is 330 g/mol. The molecule has 1 saturated carbocycles. The van der Waals surface area contributed by atoms with Crippen LogP contribution < -0.4 is 5.32 Å². The maximum atomic E-state index is 11.9. The molecule has 25 heavy (non-hydrogen) atoms. The fraction of sp³-hybridized carbons (Fsp3) is 0.150. The molecule has 1 heterocycles. The number of anilines is 1. The van der Waals surface area contributed by atoms with Gasteiger partial charge in [0.1, 0.15) is 5.01 Å². The molecule has 1 aromatic heterocycles. The van der Waals surface area contributed by atoms with Crippen LogP contribution in [-0.4, -0.2) is 10.9 Å². The van der Waals surface area contributed by atoms with Gasteiger partial charge in [0.15, 0.2) is 0 Å². The zero-order valence-corrected chi connectivity index (χ0v) is 14.2. The Morgan fingerprint density at radius 2 is 1.96 bits per heavy atom. The predicted octanol–water partition coefficient (Wildman–Crippen LogP) is 4.70. The Bertz CT molecular complexity index is 965. The number of nitrogens with zero attached hydrogens (tertiary/aromatic N) is 2. The van der Waals surface area contributed by atoms with Gasteiger partial charge in [-0.2, -0.15) is 5.26 Å². The van der Waals surface area contributed by atoms with Gasteiger partial charge in [-0.05, 0) is 37.1 Å². The summed E-state index contributed by atoms with van der Waals surface area (Å²) in [6.45, 7) is 0. The summed E-state index contributed by atoms with van der Waals surface area (Å²) in [4.78, 5) is 16.6. The summed E-state index contributed by atoms with van der Waals surface area (Å²) in [5.74, 6) is 0.293. The van der Waals surface area contributed by atoms with Gasteiger partial charge in [-0.25, -0.2) is 4.98 Å². The molecule has 0 saturated heterocycles. The molecular formula is C20H15N3OS. The standard InChI is InChI=1S/C20H15N3OS/c21-11-13-4-6-14(7-5-13)18-12-25-20(23-18)16-2-1-3-17(10-16)22-19(24)15-8-9-15/h1-7,10,12,15H,8-9H2,(H,22,24). The van der Waals surface area contributed by atoms with Crippen molar-refractivity contribution in [3.63, 3.8) is 0 Å². The summed E-state index contributed by atoms with van der Waals surface area (Å²) in [6.07, 6.45) is 1.98. The van der Waals surface area contributed by atoms with Crippen LogP contribution in [0.15, 0.2) is 53.9 Å². The summed E-state index contributed by atoms with van der Waals surface area (Å²) in [5.41, 5.74) is 4.30. The zero-order chi connectivity index (χ0) is 17.2. The number of carbonyl (C=O) groups excluding carboxylic acids is 1. The van der Waals surface area contributed by atoms with Crippen LogP contribution in [0.5, 0.6) is 0 Å². The molecule has 0 bridgehead atoms. The Kier molecular flexibility index (Phi) is 4.04. The quantitative estimate of drug-likeness (QED) is 0.745. The second kappa shape index (κ2) is 6.50. The molecule has 1 fully saturated rings. The third kappa shape index (κ3) is 3.44. The van der Waals surface area contributed by atoms with E-state index in [9.17, 15) is 4.79 Å². The fourth-order valence-corrected chi connectivity index (χ4v) is 3.40. The first-order valence-electron chi connectivity index (χ1n) is 8.10. The van der Waals surface area contributed by atoms with E-state index in [-0.39, 0.29) is 11.8 Å². The highest BCUT2D eigenvalue weighted by Gasteiger charge is 2.29. The van der Waals surface area contributed by atoms with E-state index in [4.69, 9.17) is 10.2 Å².